The van der Waals surface area contributed by atoms with E-state index in [-0.39, 0.29) is 0 Å². The van der Waals surface area contributed by atoms with Gasteiger partial charge in [-0.15, -0.1) is 0 Å². The van der Waals surface area contributed by atoms with Crippen molar-refractivity contribution in [2.45, 2.75) is 13.3 Å². The monoisotopic (exact) mass is 181 g/mol. The highest BCUT2D eigenvalue weighted by atomic mass is 14.2. The molecule has 2 rings (SSSR count). The minimum Gasteiger partial charge on any atom is -0.192 e. The summed E-state index contributed by atoms with van der Waals surface area (Å²) in [5.41, 5.74) is 4.58. The van der Waals surface area contributed by atoms with Gasteiger partial charge in [0.15, 0.2) is 0 Å². The van der Waals surface area contributed by atoms with E-state index < -0.39 is 0 Å². The third kappa shape index (κ3) is 1.60. The minimum atomic E-state index is 0.730. The average Bonchev–Trinajstić information content (AvgIpc) is 2.65. The molecular formula is C13H11N. The Morgan fingerprint density at radius 3 is 2.79 bits per heavy atom. The Morgan fingerprint density at radius 2 is 2.14 bits per heavy atom. The summed E-state index contributed by atoms with van der Waals surface area (Å²) >= 11 is 0. The zero-order valence-corrected chi connectivity index (χ0v) is 8.12. The summed E-state index contributed by atoms with van der Waals surface area (Å²) in [4.78, 5) is 0. The van der Waals surface area contributed by atoms with E-state index in [0.29, 0.717) is 0 Å². The van der Waals surface area contributed by atoms with Crippen LogP contribution >= 0.6 is 0 Å². The molecule has 1 aliphatic rings. The van der Waals surface area contributed by atoms with Crippen molar-refractivity contribution in [3.05, 3.63) is 53.1 Å². The molecule has 0 unspecified atom stereocenters. The molecule has 0 fully saturated rings. The molecule has 0 saturated heterocycles. The predicted octanol–water partition coefficient (Wildman–Crippen LogP) is 3.29. The molecule has 0 spiro atoms. The van der Waals surface area contributed by atoms with Crippen LogP contribution in [0.3, 0.4) is 0 Å². The van der Waals surface area contributed by atoms with Gasteiger partial charge >= 0.3 is 0 Å². The molecule has 0 bridgehead atoms. The lowest BCUT2D eigenvalue weighted by Crippen LogP contribution is -1.83. The van der Waals surface area contributed by atoms with E-state index in [0.717, 1.165) is 17.5 Å². The van der Waals surface area contributed by atoms with Gasteiger partial charge in [0.2, 0.25) is 0 Å². The normalized spacial score (nSPS) is 14.6. The molecular weight excluding hydrogens is 170 g/mol. The molecule has 0 saturated carbocycles. The van der Waals surface area contributed by atoms with E-state index in [9.17, 15) is 0 Å². The summed E-state index contributed by atoms with van der Waals surface area (Å²) in [6.45, 7) is 2.12. The lowest BCUT2D eigenvalue weighted by Gasteiger charge is -2.02. The van der Waals surface area contributed by atoms with Gasteiger partial charge < -0.3 is 0 Å². The number of nitrogens with zero attached hydrogens (tertiary/aromatic N) is 1. The highest BCUT2D eigenvalue weighted by Crippen LogP contribution is 2.27. The lowest BCUT2D eigenvalue weighted by molar-refractivity contribution is 1.26. The van der Waals surface area contributed by atoms with E-state index in [1.165, 1.54) is 11.1 Å². The van der Waals surface area contributed by atoms with Gasteiger partial charge in [-0.2, -0.15) is 5.26 Å². The SMILES string of the molecule is CC1=CC=C(c2cccc(C#N)c2)C1. The summed E-state index contributed by atoms with van der Waals surface area (Å²) in [6.07, 6.45) is 5.27. The topological polar surface area (TPSA) is 23.8 Å². The Hall–Kier alpha value is -1.81. The second-order valence-electron chi connectivity index (χ2n) is 3.57. The van der Waals surface area contributed by atoms with E-state index >= 15 is 0 Å². The van der Waals surface area contributed by atoms with Gasteiger partial charge in [-0.05, 0) is 36.6 Å². The van der Waals surface area contributed by atoms with Crippen molar-refractivity contribution in [1.29, 1.82) is 5.26 Å². The average molecular weight is 181 g/mol. The lowest BCUT2D eigenvalue weighted by atomic mass is 10.0. The quantitative estimate of drug-likeness (QED) is 0.652. The van der Waals surface area contributed by atoms with Gasteiger partial charge in [-0.1, -0.05) is 29.9 Å². The molecule has 14 heavy (non-hydrogen) atoms. The first kappa shape index (κ1) is 8.77. The largest absolute Gasteiger partial charge is 0.192 e. The minimum absolute atomic E-state index is 0.730. The molecule has 1 heteroatoms. The van der Waals surface area contributed by atoms with Gasteiger partial charge in [0.25, 0.3) is 0 Å². The van der Waals surface area contributed by atoms with E-state index in [1.807, 2.05) is 18.2 Å². The van der Waals surface area contributed by atoms with Crippen LogP contribution in [0, 0.1) is 11.3 Å². The molecule has 0 atom stereocenters. The van der Waals surface area contributed by atoms with Crippen molar-refractivity contribution in [1.82, 2.24) is 0 Å². The first-order valence-electron chi connectivity index (χ1n) is 4.66. The van der Waals surface area contributed by atoms with Crippen LogP contribution in [0.5, 0.6) is 0 Å². The highest BCUT2D eigenvalue weighted by Gasteiger charge is 2.07. The molecule has 1 nitrogen and oxygen atoms in total. The summed E-state index contributed by atoms with van der Waals surface area (Å²) in [6, 6.07) is 9.92. The summed E-state index contributed by atoms with van der Waals surface area (Å²) in [5.74, 6) is 0. The fourth-order valence-corrected chi connectivity index (χ4v) is 1.65. The van der Waals surface area contributed by atoms with Gasteiger partial charge in [0, 0.05) is 0 Å². The zero-order valence-electron chi connectivity index (χ0n) is 8.12. The molecule has 0 radical (unpaired) electrons. The van der Waals surface area contributed by atoms with Gasteiger partial charge in [-0.25, -0.2) is 0 Å². The third-order valence-corrected chi connectivity index (χ3v) is 2.40. The second kappa shape index (κ2) is 3.51. The number of allylic oxidation sites excluding steroid dienone is 4. The summed E-state index contributed by atoms with van der Waals surface area (Å²) in [7, 11) is 0. The maximum Gasteiger partial charge on any atom is 0.0991 e. The summed E-state index contributed by atoms with van der Waals surface area (Å²) in [5, 5.41) is 8.77. The molecule has 0 amide bonds. The van der Waals surface area contributed by atoms with Crippen LogP contribution in [0.15, 0.2) is 42.0 Å². The van der Waals surface area contributed by atoms with Gasteiger partial charge in [-0.3, -0.25) is 0 Å². The number of rotatable bonds is 1. The molecule has 68 valence electrons. The Morgan fingerprint density at radius 1 is 1.29 bits per heavy atom. The van der Waals surface area contributed by atoms with E-state index in [1.54, 1.807) is 0 Å². The predicted molar refractivity (Wildman–Crippen MR) is 57.5 cm³/mol. The first-order valence-corrected chi connectivity index (χ1v) is 4.66. The maximum atomic E-state index is 8.77. The van der Waals surface area contributed by atoms with Crippen LogP contribution in [0.4, 0.5) is 0 Å². The van der Waals surface area contributed by atoms with E-state index in [4.69, 9.17) is 5.26 Å². The molecule has 1 aliphatic carbocycles. The zero-order chi connectivity index (χ0) is 9.97. The van der Waals surface area contributed by atoms with Crippen molar-refractivity contribution in [3.63, 3.8) is 0 Å². The van der Waals surface area contributed by atoms with E-state index in [2.05, 4.69) is 31.2 Å². The van der Waals surface area contributed by atoms with Crippen molar-refractivity contribution < 1.29 is 0 Å². The van der Waals surface area contributed by atoms with Crippen molar-refractivity contribution in [2.24, 2.45) is 0 Å². The highest BCUT2D eigenvalue weighted by molar-refractivity contribution is 5.72. The maximum absolute atomic E-state index is 8.77. The number of nitriles is 1. The Bertz CT molecular complexity index is 458. The van der Waals surface area contributed by atoms with Crippen molar-refractivity contribution >= 4 is 5.57 Å². The van der Waals surface area contributed by atoms with Crippen molar-refractivity contribution in [2.75, 3.05) is 0 Å². The smallest absolute Gasteiger partial charge is 0.0991 e. The van der Waals surface area contributed by atoms with Crippen LogP contribution in [-0.2, 0) is 0 Å². The van der Waals surface area contributed by atoms with Gasteiger partial charge in [0.1, 0.15) is 0 Å². The first-order chi connectivity index (χ1) is 6.79. The Balaban J connectivity index is 2.31. The van der Waals surface area contributed by atoms with Crippen LogP contribution < -0.4 is 0 Å². The number of benzene rings is 1. The number of hydrogen-bond acceptors (Lipinski definition) is 1. The fourth-order valence-electron chi connectivity index (χ4n) is 1.65. The second-order valence-corrected chi connectivity index (χ2v) is 3.57. The molecule has 0 aliphatic heterocycles. The molecule has 1 aromatic carbocycles. The molecule has 0 aromatic heterocycles. The third-order valence-electron chi connectivity index (χ3n) is 2.40. The fraction of sp³-hybridized carbons (Fsp3) is 0.154. The standard InChI is InChI=1S/C13H11N/c1-10-5-6-13(7-10)12-4-2-3-11(8-12)9-14/h2-6,8H,7H2,1H3. The van der Waals surface area contributed by atoms with Crippen LogP contribution in [0.25, 0.3) is 5.57 Å². The molecule has 1 aromatic rings. The molecule has 0 N–H and O–H groups in total. The van der Waals surface area contributed by atoms with Crippen LogP contribution in [0.2, 0.25) is 0 Å². The van der Waals surface area contributed by atoms with Crippen LogP contribution in [-0.4, -0.2) is 0 Å². The number of hydrogen-bond donors (Lipinski definition) is 0. The molecule has 0 heterocycles. The Kier molecular flexibility index (Phi) is 2.20. The summed E-state index contributed by atoms with van der Waals surface area (Å²) < 4.78 is 0. The van der Waals surface area contributed by atoms with Crippen LogP contribution in [0.1, 0.15) is 24.5 Å². The Labute approximate surface area is 84.0 Å². The van der Waals surface area contributed by atoms with Gasteiger partial charge in [0.05, 0.1) is 11.6 Å². The van der Waals surface area contributed by atoms with Crippen molar-refractivity contribution in [3.8, 4) is 6.07 Å².